The van der Waals surface area contributed by atoms with Crippen LogP contribution < -0.4 is 15.7 Å². The van der Waals surface area contributed by atoms with Gasteiger partial charge in [0.1, 0.15) is 5.75 Å². The molecule has 3 aromatic rings. The molecule has 1 heterocycles. The number of nitrogens with zero attached hydrogens (tertiary/aromatic N) is 2. The number of hydrogen-bond acceptors (Lipinski definition) is 5. The zero-order chi connectivity index (χ0) is 20.1. The number of benzene rings is 2. The predicted octanol–water partition coefficient (Wildman–Crippen LogP) is 3.91. The molecule has 0 fully saturated rings. The second-order valence-electron chi connectivity index (χ2n) is 5.66. The van der Waals surface area contributed by atoms with Gasteiger partial charge in [-0.1, -0.05) is 18.2 Å². The minimum Gasteiger partial charge on any atom is -0.497 e. The van der Waals surface area contributed by atoms with Crippen molar-refractivity contribution >= 4 is 12.2 Å². The van der Waals surface area contributed by atoms with Crippen molar-refractivity contribution in [2.24, 2.45) is 5.10 Å². The molecule has 28 heavy (non-hydrogen) atoms. The molecule has 0 bridgehead atoms. The number of aromatic amines is 1. The van der Waals surface area contributed by atoms with E-state index in [9.17, 15) is 18.0 Å². The third-order valence-corrected chi connectivity index (χ3v) is 3.77. The number of aromatic nitrogens is 2. The molecule has 0 atom stereocenters. The van der Waals surface area contributed by atoms with E-state index in [2.05, 4.69) is 20.5 Å². The number of halogens is 3. The van der Waals surface area contributed by atoms with Crippen LogP contribution in [0, 0.1) is 0 Å². The van der Waals surface area contributed by atoms with Gasteiger partial charge in [-0.15, -0.1) is 0 Å². The van der Waals surface area contributed by atoms with Gasteiger partial charge >= 0.3 is 6.18 Å². The number of alkyl halides is 3. The Bertz CT molecular complexity index is 1040. The molecular formula is C19H15F3N4O2. The minimum atomic E-state index is -4.50. The highest BCUT2D eigenvalue weighted by Crippen LogP contribution is 2.31. The van der Waals surface area contributed by atoms with Gasteiger partial charge < -0.3 is 4.74 Å². The lowest BCUT2D eigenvalue weighted by Gasteiger charge is -2.09. The Labute approximate surface area is 157 Å². The molecule has 9 heteroatoms. The fourth-order valence-electron chi connectivity index (χ4n) is 2.45. The van der Waals surface area contributed by atoms with Crippen molar-refractivity contribution < 1.29 is 17.9 Å². The van der Waals surface area contributed by atoms with Crippen LogP contribution in [0.25, 0.3) is 11.3 Å². The van der Waals surface area contributed by atoms with Crippen molar-refractivity contribution in [1.82, 2.24) is 9.97 Å². The van der Waals surface area contributed by atoms with Crippen LogP contribution in [0.15, 0.2) is 64.5 Å². The summed E-state index contributed by atoms with van der Waals surface area (Å²) in [7, 11) is 1.54. The Morgan fingerprint density at radius 2 is 1.86 bits per heavy atom. The van der Waals surface area contributed by atoms with Crippen LogP contribution in [0.2, 0.25) is 0 Å². The van der Waals surface area contributed by atoms with Crippen molar-refractivity contribution in [3.63, 3.8) is 0 Å². The summed E-state index contributed by atoms with van der Waals surface area (Å²) < 4.78 is 44.1. The molecule has 144 valence electrons. The molecular weight excluding hydrogens is 373 g/mol. The van der Waals surface area contributed by atoms with E-state index in [1.807, 2.05) is 0 Å². The lowest BCUT2D eigenvalue weighted by atomic mass is 10.1. The molecule has 0 aliphatic rings. The standard InChI is InChI=1S/C19H15F3N4O2/c1-28-14-8-6-12(7-9-14)16-10-17(27)25-18(24-16)26-23-11-13-4-2-3-5-15(13)19(20,21)22/h2-11H,1H3,(H2,24,25,26,27)/b23-11-. The summed E-state index contributed by atoms with van der Waals surface area (Å²) in [5.41, 5.74) is 2.14. The zero-order valence-corrected chi connectivity index (χ0v) is 14.6. The van der Waals surface area contributed by atoms with Crippen LogP contribution in [0.3, 0.4) is 0 Å². The van der Waals surface area contributed by atoms with E-state index in [1.54, 1.807) is 24.3 Å². The van der Waals surface area contributed by atoms with E-state index in [4.69, 9.17) is 4.74 Å². The van der Waals surface area contributed by atoms with E-state index in [1.165, 1.54) is 31.4 Å². The number of anilines is 1. The first-order chi connectivity index (χ1) is 13.4. The predicted molar refractivity (Wildman–Crippen MR) is 99.5 cm³/mol. The van der Waals surface area contributed by atoms with E-state index < -0.39 is 17.3 Å². The number of methoxy groups -OCH3 is 1. The Morgan fingerprint density at radius 3 is 2.54 bits per heavy atom. The summed E-state index contributed by atoms with van der Waals surface area (Å²) in [5, 5.41) is 3.76. The first-order valence-electron chi connectivity index (χ1n) is 8.08. The second kappa shape index (κ2) is 7.95. The van der Waals surface area contributed by atoms with E-state index in [0.717, 1.165) is 12.3 Å². The average Bonchev–Trinajstić information content (AvgIpc) is 2.67. The molecule has 0 aliphatic carbocycles. The van der Waals surface area contributed by atoms with Crippen LogP contribution in [0.5, 0.6) is 5.75 Å². The average molecular weight is 388 g/mol. The van der Waals surface area contributed by atoms with Crippen molar-refractivity contribution in [1.29, 1.82) is 0 Å². The van der Waals surface area contributed by atoms with Gasteiger partial charge in [-0.3, -0.25) is 9.78 Å². The number of rotatable bonds is 5. The van der Waals surface area contributed by atoms with Crippen LogP contribution in [0.1, 0.15) is 11.1 Å². The van der Waals surface area contributed by atoms with E-state index in [0.29, 0.717) is 17.0 Å². The quantitative estimate of drug-likeness (QED) is 0.513. The topological polar surface area (TPSA) is 79.4 Å². The zero-order valence-electron chi connectivity index (χ0n) is 14.6. The largest absolute Gasteiger partial charge is 0.497 e. The van der Waals surface area contributed by atoms with Crippen LogP contribution in [-0.2, 0) is 6.18 Å². The second-order valence-corrected chi connectivity index (χ2v) is 5.66. The summed E-state index contributed by atoms with van der Waals surface area (Å²) in [6.07, 6.45) is -3.48. The summed E-state index contributed by atoms with van der Waals surface area (Å²) in [6.45, 7) is 0. The summed E-state index contributed by atoms with van der Waals surface area (Å²) >= 11 is 0. The first-order valence-corrected chi connectivity index (χ1v) is 8.08. The summed E-state index contributed by atoms with van der Waals surface area (Å²) in [5.74, 6) is 0.652. The first kappa shape index (κ1) is 19.2. The Kier molecular flexibility index (Phi) is 5.44. The van der Waals surface area contributed by atoms with Gasteiger partial charge in [0, 0.05) is 17.2 Å². The Hall–Kier alpha value is -3.62. The number of hydrogen-bond donors (Lipinski definition) is 2. The van der Waals surface area contributed by atoms with Crippen molar-refractivity contribution in [2.45, 2.75) is 6.18 Å². The fourth-order valence-corrected chi connectivity index (χ4v) is 2.45. The molecule has 0 aliphatic heterocycles. The molecule has 0 amide bonds. The van der Waals surface area contributed by atoms with E-state index in [-0.39, 0.29) is 11.5 Å². The van der Waals surface area contributed by atoms with Gasteiger partial charge in [0.25, 0.3) is 5.56 Å². The molecule has 0 radical (unpaired) electrons. The SMILES string of the molecule is COc1ccc(-c2cc(=O)[nH]c(N/N=C\c3ccccc3C(F)(F)F)n2)cc1. The molecule has 0 saturated heterocycles. The van der Waals surface area contributed by atoms with Gasteiger partial charge in [0.05, 0.1) is 24.6 Å². The lowest BCUT2D eigenvalue weighted by Crippen LogP contribution is -2.11. The summed E-state index contributed by atoms with van der Waals surface area (Å²) in [6, 6.07) is 13.2. The molecule has 0 saturated carbocycles. The Morgan fingerprint density at radius 1 is 1.14 bits per heavy atom. The molecule has 1 aromatic heterocycles. The molecule has 2 N–H and O–H groups in total. The normalized spacial score (nSPS) is 11.6. The van der Waals surface area contributed by atoms with Gasteiger partial charge in [-0.2, -0.15) is 18.3 Å². The van der Waals surface area contributed by atoms with Crippen molar-refractivity contribution in [3.05, 3.63) is 76.1 Å². The summed E-state index contributed by atoms with van der Waals surface area (Å²) in [4.78, 5) is 18.5. The van der Waals surface area contributed by atoms with Crippen LogP contribution >= 0.6 is 0 Å². The highest BCUT2D eigenvalue weighted by Gasteiger charge is 2.32. The number of H-pyrrole nitrogens is 1. The maximum Gasteiger partial charge on any atom is 0.417 e. The monoisotopic (exact) mass is 388 g/mol. The lowest BCUT2D eigenvalue weighted by molar-refractivity contribution is -0.137. The van der Waals surface area contributed by atoms with Crippen molar-refractivity contribution in [3.8, 4) is 17.0 Å². The highest BCUT2D eigenvalue weighted by atomic mass is 19.4. The molecule has 0 unspecified atom stereocenters. The third-order valence-electron chi connectivity index (χ3n) is 3.77. The van der Waals surface area contributed by atoms with Gasteiger partial charge in [0.15, 0.2) is 0 Å². The van der Waals surface area contributed by atoms with E-state index >= 15 is 0 Å². The van der Waals surface area contributed by atoms with Gasteiger partial charge in [-0.25, -0.2) is 10.4 Å². The molecule has 6 nitrogen and oxygen atoms in total. The maximum absolute atomic E-state index is 13.0. The smallest absolute Gasteiger partial charge is 0.417 e. The highest BCUT2D eigenvalue weighted by molar-refractivity contribution is 5.82. The van der Waals surface area contributed by atoms with Gasteiger partial charge in [0.2, 0.25) is 5.95 Å². The van der Waals surface area contributed by atoms with Crippen LogP contribution in [-0.4, -0.2) is 23.3 Å². The number of hydrazone groups is 1. The fraction of sp³-hybridized carbons (Fsp3) is 0.105. The number of ether oxygens (including phenoxy) is 1. The molecule has 2 aromatic carbocycles. The third kappa shape index (κ3) is 4.56. The number of nitrogens with one attached hydrogen (secondary N) is 2. The Balaban J connectivity index is 1.83. The molecule has 0 spiro atoms. The maximum atomic E-state index is 13.0. The molecule has 3 rings (SSSR count). The van der Waals surface area contributed by atoms with Crippen LogP contribution in [0.4, 0.5) is 19.1 Å². The van der Waals surface area contributed by atoms with Crippen molar-refractivity contribution in [2.75, 3.05) is 12.5 Å². The van der Waals surface area contributed by atoms with Gasteiger partial charge in [-0.05, 0) is 30.3 Å². The minimum absolute atomic E-state index is 0.000872.